The van der Waals surface area contributed by atoms with E-state index in [2.05, 4.69) is 42.9 Å². The number of halogens is 1. The van der Waals surface area contributed by atoms with Crippen LogP contribution in [0.2, 0.25) is 0 Å². The number of nitrogens with zero attached hydrogens (tertiary/aromatic N) is 3. The van der Waals surface area contributed by atoms with Crippen LogP contribution >= 0.6 is 15.9 Å². The summed E-state index contributed by atoms with van der Waals surface area (Å²) in [6, 6.07) is 0. The van der Waals surface area contributed by atoms with Gasteiger partial charge in [-0.15, -0.1) is 0 Å². The van der Waals surface area contributed by atoms with Gasteiger partial charge in [-0.25, -0.2) is 9.97 Å². The maximum Gasteiger partial charge on any atom is 0.147 e. The molecule has 0 unspecified atom stereocenters. The maximum atomic E-state index is 4.24. The van der Waals surface area contributed by atoms with E-state index in [1.807, 2.05) is 0 Å². The van der Waals surface area contributed by atoms with E-state index >= 15 is 0 Å². The lowest BCUT2D eigenvalue weighted by molar-refractivity contribution is 0.951. The molecule has 4 heteroatoms. The summed E-state index contributed by atoms with van der Waals surface area (Å²) in [5, 5.41) is 0. The van der Waals surface area contributed by atoms with Gasteiger partial charge in [0.25, 0.3) is 0 Å². The molecule has 0 bridgehead atoms. The van der Waals surface area contributed by atoms with Crippen molar-refractivity contribution < 1.29 is 0 Å². The van der Waals surface area contributed by atoms with Crippen molar-refractivity contribution in [3.63, 3.8) is 0 Å². The van der Waals surface area contributed by atoms with Gasteiger partial charge in [-0.3, -0.25) is 0 Å². The van der Waals surface area contributed by atoms with Crippen molar-refractivity contribution in [2.75, 3.05) is 18.0 Å². The summed E-state index contributed by atoms with van der Waals surface area (Å²) in [6.07, 6.45) is 7.75. The summed E-state index contributed by atoms with van der Waals surface area (Å²) in [5.41, 5.74) is 0. The van der Waals surface area contributed by atoms with E-state index in [0.717, 1.165) is 23.5 Å². The maximum absolute atomic E-state index is 4.24. The molecule has 1 aromatic rings. The van der Waals surface area contributed by atoms with Crippen LogP contribution in [0.1, 0.15) is 0 Å². The van der Waals surface area contributed by atoms with E-state index in [9.17, 15) is 0 Å². The number of hydrogen-bond acceptors (Lipinski definition) is 3. The molecule has 2 heterocycles. The summed E-state index contributed by atoms with van der Waals surface area (Å²) >= 11 is 3.25. The molecule has 62 valence electrons. The highest BCUT2D eigenvalue weighted by Gasteiger charge is 2.08. The lowest BCUT2D eigenvalue weighted by atomic mass is 10.5. The van der Waals surface area contributed by atoms with E-state index in [1.54, 1.807) is 12.4 Å². The summed E-state index contributed by atoms with van der Waals surface area (Å²) in [5.74, 6) is 0.934. The van der Waals surface area contributed by atoms with E-state index in [-0.39, 0.29) is 0 Å². The predicted molar refractivity (Wildman–Crippen MR) is 51.1 cm³/mol. The minimum atomic E-state index is 0.776. The second kappa shape index (κ2) is 3.23. The Kier molecular flexibility index (Phi) is 2.08. The largest absolute Gasteiger partial charge is 0.348 e. The normalized spacial score (nSPS) is 15.6. The van der Waals surface area contributed by atoms with Gasteiger partial charge in [0.1, 0.15) is 10.4 Å². The Labute approximate surface area is 79.3 Å². The Hall–Kier alpha value is -0.900. The monoisotopic (exact) mass is 225 g/mol. The summed E-state index contributed by atoms with van der Waals surface area (Å²) in [4.78, 5) is 10.5. The van der Waals surface area contributed by atoms with Crippen LogP contribution in [0, 0.1) is 0 Å². The molecule has 0 radical (unpaired) electrons. The van der Waals surface area contributed by atoms with Crippen LogP contribution in [0.15, 0.2) is 29.1 Å². The average molecular weight is 226 g/mol. The van der Waals surface area contributed by atoms with Gasteiger partial charge in [-0.2, -0.15) is 0 Å². The molecule has 12 heavy (non-hydrogen) atoms. The SMILES string of the molecule is Brc1cnc(N2CC=CC2)cn1. The molecule has 0 saturated heterocycles. The molecule has 0 aromatic carbocycles. The van der Waals surface area contributed by atoms with Gasteiger partial charge in [0.15, 0.2) is 0 Å². The highest BCUT2D eigenvalue weighted by atomic mass is 79.9. The van der Waals surface area contributed by atoms with Crippen LogP contribution in [0.5, 0.6) is 0 Å². The zero-order valence-electron chi connectivity index (χ0n) is 6.44. The second-order valence-electron chi connectivity index (χ2n) is 2.57. The Bertz CT molecular complexity index is 286. The predicted octanol–water partition coefficient (Wildman–Crippen LogP) is 1.62. The molecule has 0 atom stereocenters. The topological polar surface area (TPSA) is 29.0 Å². The van der Waals surface area contributed by atoms with Gasteiger partial charge >= 0.3 is 0 Å². The minimum absolute atomic E-state index is 0.776. The first-order valence-electron chi connectivity index (χ1n) is 3.74. The summed E-state index contributed by atoms with van der Waals surface area (Å²) < 4.78 is 0.776. The number of anilines is 1. The van der Waals surface area contributed by atoms with Gasteiger partial charge in [0.2, 0.25) is 0 Å². The Morgan fingerprint density at radius 1 is 1.17 bits per heavy atom. The zero-order chi connectivity index (χ0) is 8.39. The Balaban J connectivity index is 2.18. The number of rotatable bonds is 1. The van der Waals surface area contributed by atoms with Crippen molar-refractivity contribution in [1.82, 2.24) is 9.97 Å². The van der Waals surface area contributed by atoms with Crippen LogP contribution in [0.4, 0.5) is 5.82 Å². The first-order valence-corrected chi connectivity index (χ1v) is 4.53. The summed E-state index contributed by atoms with van der Waals surface area (Å²) in [7, 11) is 0. The molecule has 0 aliphatic carbocycles. The molecule has 1 aromatic heterocycles. The molecule has 1 aliphatic rings. The van der Waals surface area contributed by atoms with Gasteiger partial charge in [-0.05, 0) is 15.9 Å². The minimum Gasteiger partial charge on any atom is -0.348 e. The molecule has 0 fully saturated rings. The highest BCUT2D eigenvalue weighted by Crippen LogP contribution is 2.13. The van der Waals surface area contributed by atoms with Crippen molar-refractivity contribution in [2.45, 2.75) is 0 Å². The molecule has 0 amide bonds. The number of aromatic nitrogens is 2. The smallest absolute Gasteiger partial charge is 0.147 e. The Morgan fingerprint density at radius 3 is 2.50 bits per heavy atom. The summed E-state index contributed by atoms with van der Waals surface area (Å²) in [6.45, 7) is 1.88. The average Bonchev–Trinajstić information content (AvgIpc) is 2.58. The quantitative estimate of drug-likeness (QED) is 0.681. The van der Waals surface area contributed by atoms with Crippen molar-refractivity contribution >= 4 is 21.7 Å². The highest BCUT2D eigenvalue weighted by molar-refractivity contribution is 9.10. The third-order valence-corrected chi connectivity index (χ3v) is 2.16. The van der Waals surface area contributed by atoms with Crippen LogP contribution in [-0.2, 0) is 0 Å². The van der Waals surface area contributed by atoms with Crippen molar-refractivity contribution in [3.8, 4) is 0 Å². The van der Waals surface area contributed by atoms with Gasteiger partial charge in [-0.1, -0.05) is 12.2 Å². The van der Waals surface area contributed by atoms with Gasteiger partial charge in [0.05, 0.1) is 12.4 Å². The molecule has 2 rings (SSSR count). The fourth-order valence-corrected chi connectivity index (χ4v) is 1.34. The van der Waals surface area contributed by atoms with Crippen molar-refractivity contribution in [2.24, 2.45) is 0 Å². The fourth-order valence-electron chi connectivity index (χ4n) is 1.13. The fraction of sp³-hybridized carbons (Fsp3) is 0.250. The zero-order valence-corrected chi connectivity index (χ0v) is 8.03. The molecule has 1 aliphatic heterocycles. The molecular weight excluding hydrogens is 218 g/mol. The molecule has 0 spiro atoms. The molecule has 3 nitrogen and oxygen atoms in total. The molecular formula is C8H8BrN3. The van der Waals surface area contributed by atoms with Crippen LogP contribution in [0.25, 0.3) is 0 Å². The third kappa shape index (κ3) is 1.48. The van der Waals surface area contributed by atoms with Crippen molar-refractivity contribution in [3.05, 3.63) is 29.1 Å². The molecule has 0 saturated carbocycles. The van der Waals surface area contributed by atoms with Crippen LogP contribution in [0.3, 0.4) is 0 Å². The second-order valence-corrected chi connectivity index (χ2v) is 3.39. The first kappa shape index (κ1) is 7.73. The Morgan fingerprint density at radius 2 is 1.92 bits per heavy atom. The van der Waals surface area contributed by atoms with E-state index < -0.39 is 0 Å². The molecule has 0 N–H and O–H groups in total. The van der Waals surface area contributed by atoms with E-state index in [4.69, 9.17) is 0 Å². The van der Waals surface area contributed by atoms with E-state index in [0.29, 0.717) is 0 Å². The lowest BCUT2D eigenvalue weighted by Gasteiger charge is -2.14. The van der Waals surface area contributed by atoms with E-state index in [1.165, 1.54) is 0 Å². The third-order valence-electron chi connectivity index (χ3n) is 1.75. The lowest BCUT2D eigenvalue weighted by Crippen LogP contribution is -2.19. The standard InChI is InChI=1S/C8H8BrN3/c9-7-5-11-8(6-10-7)12-3-1-2-4-12/h1-2,5-6H,3-4H2. The van der Waals surface area contributed by atoms with Gasteiger partial charge in [0, 0.05) is 13.1 Å². The van der Waals surface area contributed by atoms with Gasteiger partial charge < -0.3 is 4.90 Å². The number of hydrogen-bond donors (Lipinski definition) is 0. The van der Waals surface area contributed by atoms with Crippen molar-refractivity contribution in [1.29, 1.82) is 0 Å². The van der Waals surface area contributed by atoms with Crippen LogP contribution in [-0.4, -0.2) is 23.1 Å². The first-order chi connectivity index (χ1) is 5.86. The van der Waals surface area contributed by atoms with Crippen LogP contribution < -0.4 is 4.90 Å².